The Bertz CT molecular complexity index is 1160. The number of thiazole rings is 1. The van der Waals surface area contributed by atoms with Crippen LogP contribution in [0.3, 0.4) is 0 Å². The maximum atomic E-state index is 13.1. The highest BCUT2D eigenvalue weighted by Crippen LogP contribution is 2.23. The average Bonchev–Trinajstić information content (AvgIpc) is 3.35. The fourth-order valence-electron chi connectivity index (χ4n) is 3.02. The summed E-state index contributed by atoms with van der Waals surface area (Å²) in [5.41, 5.74) is 0.815. The first-order valence-electron chi connectivity index (χ1n) is 10.2. The molecular weight excluding hydrogens is 450 g/mol. The zero-order valence-corrected chi connectivity index (χ0v) is 20.3. The monoisotopic (exact) mass is 477 g/mol. The number of hydrogen-bond donors (Lipinski definition) is 1. The molecule has 0 radical (unpaired) electrons. The summed E-state index contributed by atoms with van der Waals surface area (Å²) in [4.78, 5) is 16.9. The molecule has 0 fully saturated rings. The summed E-state index contributed by atoms with van der Waals surface area (Å²) < 4.78 is 33.1. The van der Waals surface area contributed by atoms with Crippen LogP contribution in [0.5, 0.6) is 0 Å². The van der Waals surface area contributed by atoms with E-state index in [-0.39, 0.29) is 34.2 Å². The molecule has 1 aromatic carbocycles. The van der Waals surface area contributed by atoms with Gasteiger partial charge in [-0.1, -0.05) is 32.8 Å². The van der Waals surface area contributed by atoms with Gasteiger partial charge in [0, 0.05) is 24.0 Å². The number of carbonyl (C=O) groups is 1. The maximum Gasteiger partial charge on any atom is 0.322 e. The van der Waals surface area contributed by atoms with Crippen molar-refractivity contribution in [1.29, 1.82) is 0 Å². The number of aryl methyl sites for hydroxylation is 1. The van der Waals surface area contributed by atoms with Crippen molar-refractivity contribution in [2.75, 3.05) is 18.4 Å². The number of nitrogens with zero attached hydrogens (tertiary/aromatic N) is 4. The van der Waals surface area contributed by atoms with Crippen LogP contribution in [-0.2, 0) is 10.0 Å². The van der Waals surface area contributed by atoms with Crippen molar-refractivity contribution < 1.29 is 17.6 Å². The molecule has 1 amide bonds. The van der Waals surface area contributed by atoms with Gasteiger partial charge in [0.1, 0.15) is 5.69 Å². The van der Waals surface area contributed by atoms with E-state index in [4.69, 9.17) is 4.42 Å². The minimum atomic E-state index is -3.66. The third-order valence-corrected chi connectivity index (χ3v) is 6.99. The number of carbonyl (C=O) groups excluding carboxylic acids is 1. The van der Waals surface area contributed by atoms with Gasteiger partial charge in [0.25, 0.3) is 11.8 Å². The lowest BCUT2D eigenvalue weighted by molar-refractivity contribution is 0.102. The molecule has 9 nitrogen and oxygen atoms in total. The molecule has 0 unspecified atom stereocenters. The lowest BCUT2D eigenvalue weighted by atomic mass is 10.2. The van der Waals surface area contributed by atoms with Crippen LogP contribution in [0.2, 0.25) is 0 Å². The first-order valence-corrected chi connectivity index (χ1v) is 12.6. The van der Waals surface area contributed by atoms with E-state index in [1.54, 1.807) is 5.38 Å². The Morgan fingerprint density at radius 2 is 1.72 bits per heavy atom. The average molecular weight is 478 g/mol. The van der Waals surface area contributed by atoms with Crippen LogP contribution in [0, 0.1) is 18.8 Å². The molecule has 0 aliphatic heterocycles. The first-order chi connectivity index (χ1) is 15.1. The molecule has 1 N–H and O–H groups in total. The van der Waals surface area contributed by atoms with E-state index in [1.165, 1.54) is 39.9 Å². The largest absolute Gasteiger partial charge is 0.401 e. The predicted molar refractivity (Wildman–Crippen MR) is 123 cm³/mol. The van der Waals surface area contributed by atoms with Crippen LogP contribution in [-0.4, -0.2) is 46.9 Å². The SMILES string of the molecule is Cc1nc(-c2nnc(NC(=O)c3ccc(S(=O)(=O)N(CC(C)C)CC(C)C)cc3)o2)cs1. The standard InChI is InChI=1S/C21H27N5O4S2/c1-13(2)10-26(11-14(3)4)32(28,29)17-8-6-16(7-9-17)19(27)23-21-25-24-20(30-21)18-12-31-15(5)22-18/h6-9,12-14H,10-11H2,1-5H3,(H,23,25,27). The fraction of sp³-hybridized carbons (Fsp3) is 0.429. The smallest absolute Gasteiger partial charge is 0.322 e. The van der Waals surface area contributed by atoms with E-state index in [0.717, 1.165) is 5.01 Å². The Balaban J connectivity index is 1.73. The second-order valence-electron chi connectivity index (χ2n) is 8.25. The Morgan fingerprint density at radius 1 is 1.09 bits per heavy atom. The number of nitrogens with one attached hydrogen (secondary N) is 1. The third kappa shape index (κ3) is 5.78. The molecule has 2 aromatic heterocycles. The van der Waals surface area contributed by atoms with Crippen LogP contribution in [0.25, 0.3) is 11.6 Å². The maximum absolute atomic E-state index is 13.1. The summed E-state index contributed by atoms with van der Waals surface area (Å²) in [6, 6.07) is 5.75. The van der Waals surface area contributed by atoms with Gasteiger partial charge < -0.3 is 4.42 Å². The Kier molecular flexibility index (Phi) is 7.42. The van der Waals surface area contributed by atoms with Crippen molar-refractivity contribution in [3.63, 3.8) is 0 Å². The van der Waals surface area contributed by atoms with E-state index < -0.39 is 15.9 Å². The van der Waals surface area contributed by atoms with Gasteiger partial charge in [-0.25, -0.2) is 13.4 Å². The molecule has 3 aromatic rings. The highest BCUT2D eigenvalue weighted by atomic mass is 32.2. The van der Waals surface area contributed by atoms with Crippen molar-refractivity contribution in [2.24, 2.45) is 11.8 Å². The van der Waals surface area contributed by atoms with E-state index in [9.17, 15) is 13.2 Å². The summed E-state index contributed by atoms with van der Waals surface area (Å²) in [6.07, 6.45) is 0. The lowest BCUT2D eigenvalue weighted by Crippen LogP contribution is -2.37. The predicted octanol–water partition coefficient (Wildman–Crippen LogP) is 4.06. The van der Waals surface area contributed by atoms with E-state index in [2.05, 4.69) is 20.5 Å². The highest BCUT2D eigenvalue weighted by Gasteiger charge is 2.26. The van der Waals surface area contributed by atoms with Gasteiger partial charge in [-0.05, 0) is 43.0 Å². The normalized spacial score (nSPS) is 12.1. The van der Waals surface area contributed by atoms with Crippen LogP contribution in [0.4, 0.5) is 6.01 Å². The zero-order valence-electron chi connectivity index (χ0n) is 18.7. The van der Waals surface area contributed by atoms with Gasteiger partial charge in [-0.3, -0.25) is 10.1 Å². The number of amides is 1. The third-order valence-electron chi connectivity index (χ3n) is 4.38. The van der Waals surface area contributed by atoms with E-state index >= 15 is 0 Å². The number of anilines is 1. The number of aromatic nitrogens is 3. The quantitative estimate of drug-likeness (QED) is 0.494. The second kappa shape index (κ2) is 9.88. The van der Waals surface area contributed by atoms with Crippen LogP contribution >= 0.6 is 11.3 Å². The molecular formula is C21H27N5O4S2. The summed E-state index contributed by atoms with van der Waals surface area (Å²) in [5.74, 6) is 0.114. The molecule has 0 bridgehead atoms. The molecule has 0 aliphatic carbocycles. The van der Waals surface area contributed by atoms with Gasteiger partial charge in [0.2, 0.25) is 10.0 Å². The topological polar surface area (TPSA) is 118 Å². The Morgan fingerprint density at radius 3 is 2.25 bits per heavy atom. The summed E-state index contributed by atoms with van der Waals surface area (Å²) >= 11 is 1.45. The van der Waals surface area contributed by atoms with Crippen molar-refractivity contribution in [3.8, 4) is 11.6 Å². The van der Waals surface area contributed by atoms with Crippen LogP contribution < -0.4 is 5.32 Å². The molecule has 0 saturated heterocycles. The van der Waals surface area contributed by atoms with Gasteiger partial charge >= 0.3 is 6.01 Å². The minimum Gasteiger partial charge on any atom is -0.401 e. The number of sulfonamides is 1. The van der Waals surface area contributed by atoms with Gasteiger partial charge in [0.05, 0.1) is 9.90 Å². The molecule has 172 valence electrons. The van der Waals surface area contributed by atoms with Crippen molar-refractivity contribution in [3.05, 3.63) is 40.2 Å². The van der Waals surface area contributed by atoms with E-state index in [1.807, 2.05) is 34.6 Å². The Labute approximate surface area is 191 Å². The summed E-state index contributed by atoms with van der Waals surface area (Å²) in [7, 11) is -3.66. The molecule has 11 heteroatoms. The van der Waals surface area contributed by atoms with Crippen molar-refractivity contribution >= 4 is 33.3 Å². The zero-order chi connectivity index (χ0) is 23.5. The number of benzene rings is 1. The highest BCUT2D eigenvalue weighted by molar-refractivity contribution is 7.89. The molecule has 0 saturated carbocycles. The van der Waals surface area contributed by atoms with Crippen LogP contribution in [0.1, 0.15) is 43.1 Å². The Hall–Kier alpha value is -2.63. The molecule has 0 atom stereocenters. The number of rotatable bonds is 9. The van der Waals surface area contributed by atoms with E-state index in [0.29, 0.717) is 18.8 Å². The first kappa shape index (κ1) is 24.0. The van der Waals surface area contributed by atoms with Crippen molar-refractivity contribution in [1.82, 2.24) is 19.5 Å². The lowest BCUT2D eigenvalue weighted by Gasteiger charge is -2.25. The summed E-state index contributed by atoms with van der Waals surface area (Å²) in [6.45, 7) is 10.6. The molecule has 0 spiro atoms. The molecule has 3 rings (SSSR count). The van der Waals surface area contributed by atoms with Crippen LogP contribution in [0.15, 0.2) is 39.0 Å². The van der Waals surface area contributed by atoms with Crippen molar-refractivity contribution in [2.45, 2.75) is 39.5 Å². The fourth-order valence-corrected chi connectivity index (χ4v) is 5.37. The number of hydrogen-bond acceptors (Lipinski definition) is 8. The second-order valence-corrected chi connectivity index (χ2v) is 11.3. The molecule has 2 heterocycles. The molecule has 0 aliphatic rings. The van der Waals surface area contributed by atoms with Gasteiger partial charge in [-0.15, -0.1) is 16.4 Å². The van der Waals surface area contributed by atoms with Gasteiger partial charge in [0.15, 0.2) is 0 Å². The minimum absolute atomic E-state index is 0.0626. The molecule has 32 heavy (non-hydrogen) atoms. The summed E-state index contributed by atoms with van der Waals surface area (Å²) in [5, 5.41) is 12.9. The van der Waals surface area contributed by atoms with Gasteiger partial charge in [-0.2, -0.15) is 4.31 Å².